The molecule has 0 bridgehead atoms. The highest BCUT2D eigenvalue weighted by atomic mass is 16.5. The summed E-state index contributed by atoms with van der Waals surface area (Å²) in [6.07, 6.45) is 1.91. The Morgan fingerprint density at radius 1 is 1.23 bits per heavy atom. The lowest BCUT2D eigenvalue weighted by molar-refractivity contribution is -0.148. The highest BCUT2D eigenvalue weighted by Crippen LogP contribution is 2.41. The Bertz CT molecular complexity index is 541. The summed E-state index contributed by atoms with van der Waals surface area (Å²) in [4.78, 5) is 23.7. The van der Waals surface area contributed by atoms with E-state index in [0.29, 0.717) is 12.8 Å². The summed E-state index contributed by atoms with van der Waals surface area (Å²) in [6.45, 7) is 4.19. The molecule has 1 amide bonds. The van der Waals surface area contributed by atoms with Crippen molar-refractivity contribution >= 4 is 12.1 Å². The van der Waals surface area contributed by atoms with Crippen LogP contribution in [0.3, 0.4) is 0 Å². The Morgan fingerprint density at radius 3 is 2.50 bits per heavy atom. The molecule has 1 fully saturated rings. The second kappa shape index (κ2) is 6.38. The smallest absolute Gasteiger partial charge is 0.408 e. The topological polar surface area (TPSA) is 75.6 Å². The summed E-state index contributed by atoms with van der Waals surface area (Å²) in [7, 11) is 0. The molecule has 1 saturated carbocycles. The summed E-state index contributed by atoms with van der Waals surface area (Å²) in [5.41, 5.74) is -0.468. The first kappa shape index (κ1) is 16.3. The molecule has 0 aliphatic heterocycles. The molecule has 0 aromatic heterocycles. The predicted octanol–water partition coefficient (Wildman–Crippen LogP) is 3.34. The van der Waals surface area contributed by atoms with E-state index in [1.807, 2.05) is 44.2 Å². The van der Waals surface area contributed by atoms with Crippen LogP contribution in [-0.2, 0) is 16.1 Å². The summed E-state index contributed by atoms with van der Waals surface area (Å²) < 4.78 is 5.16. The second-order valence-electron chi connectivity index (χ2n) is 6.77. The molecule has 2 N–H and O–H groups in total. The third kappa shape index (κ3) is 4.00. The number of benzene rings is 1. The van der Waals surface area contributed by atoms with Gasteiger partial charge in [-0.15, -0.1) is 0 Å². The zero-order chi connectivity index (χ0) is 16.2. The molecule has 1 aliphatic rings. The number of carbonyl (C=O) groups is 2. The Hall–Kier alpha value is -2.04. The number of carboxylic acid groups (broad SMARTS) is 1. The van der Waals surface area contributed by atoms with Gasteiger partial charge in [0.15, 0.2) is 0 Å². The van der Waals surface area contributed by atoms with Gasteiger partial charge in [-0.1, -0.05) is 44.2 Å². The zero-order valence-electron chi connectivity index (χ0n) is 13.1. The summed E-state index contributed by atoms with van der Waals surface area (Å²) in [5, 5.41) is 12.2. The Balaban J connectivity index is 1.99. The van der Waals surface area contributed by atoms with E-state index in [9.17, 15) is 14.7 Å². The lowest BCUT2D eigenvalue weighted by Crippen LogP contribution is -2.58. The summed E-state index contributed by atoms with van der Waals surface area (Å²) in [5.74, 6) is -0.989. The van der Waals surface area contributed by atoms with Crippen LogP contribution in [-0.4, -0.2) is 22.7 Å². The van der Waals surface area contributed by atoms with Gasteiger partial charge >= 0.3 is 12.1 Å². The van der Waals surface area contributed by atoms with E-state index in [1.54, 1.807) is 0 Å². The molecule has 0 unspecified atom stereocenters. The Kier molecular flexibility index (Phi) is 4.74. The molecule has 5 heteroatoms. The van der Waals surface area contributed by atoms with Crippen molar-refractivity contribution in [2.45, 2.75) is 51.7 Å². The fourth-order valence-corrected chi connectivity index (χ4v) is 3.16. The van der Waals surface area contributed by atoms with Gasteiger partial charge in [-0.2, -0.15) is 0 Å². The molecular weight excluding hydrogens is 282 g/mol. The van der Waals surface area contributed by atoms with Crippen molar-refractivity contribution in [1.29, 1.82) is 0 Å². The van der Waals surface area contributed by atoms with Crippen LogP contribution in [0.1, 0.15) is 45.1 Å². The quantitative estimate of drug-likeness (QED) is 0.894. The van der Waals surface area contributed by atoms with Crippen molar-refractivity contribution in [2.75, 3.05) is 0 Å². The second-order valence-corrected chi connectivity index (χ2v) is 6.77. The number of hydrogen-bond acceptors (Lipinski definition) is 3. The molecule has 1 aromatic carbocycles. The van der Waals surface area contributed by atoms with Gasteiger partial charge in [0.2, 0.25) is 0 Å². The zero-order valence-corrected chi connectivity index (χ0v) is 13.1. The fourth-order valence-electron chi connectivity index (χ4n) is 3.16. The fraction of sp³-hybridized carbons (Fsp3) is 0.529. The van der Waals surface area contributed by atoms with Gasteiger partial charge in [0, 0.05) is 0 Å². The highest BCUT2D eigenvalue weighted by Gasteiger charge is 2.47. The Morgan fingerprint density at radius 2 is 1.91 bits per heavy atom. The van der Waals surface area contributed by atoms with Crippen LogP contribution in [0.4, 0.5) is 4.79 Å². The van der Waals surface area contributed by atoms with Crippen molar-refractivity contribution < 1.29 is 19.4 Å². The van der Waals surface area contributed by atoms with Gasteiger partial charge in [0.1, 0.15) is 12.1 Å². The molecular formula is C17H23NO4. The van der Waals surface area contributed by atoms with E-state index in [4.69, 9.17) is 4.74 Å². The van der Waals surface area contributed by atoms with Crippen molar-refractivity contribution in [3.63, 3.8) is 0 Å². The number of alkyl carbamates (subject to hydrolysis) is 1. The molecule has 1 aliphatic carbocycles. The monoisotopic (exact) mass is 305 g/mol. The maximum atomic E-state index is 12.0. The Labute approximate surface area is 130 Å². The first-order chi connectivity index (χ1) is 10.3. The molecule has 22 heavy (non-hydrogen) atoms. The highest BCUT2D eigenvalue weighted by molar-refractivity contribution is 5.84. The van der Waals surface area contributed by atoms with Crippen LogP contribution in [0.5, 0.6) is 0 Å². The molecule has 120 valence electrons. The lowest BCUT2D eigenvalue weighted by atomic mass is 9.68. The van der Waals surface area contributed by atoms with Gasteiger partial charge in [0.25, 0.3) is 0 Å². The van der Waals surface area contributed by atoms with E-state index in [-0.39, 0.29) is 12.0 Å². The van der Waals surface area contributed by atoms with Crippen LogP contribution in [0.15, 0.2) is 30.3 Å². The van der Waals surface area contributed by atoms with E-state index < -0.39 is 17.6 Å². The molecule has 1 aromatic rings. The molecule has 2 rings (SSSR count). The summed E-state index contributed by atoms with van der Waals surface area (Å²) >= 11 is 0. The normalized spacial score (nSPS) is 23.5. The third-order valence-electron chi connectivity index (χ3n) is 4.20. The minimum absolute atomic E-state index is 0.108. The third-order valence-corrected chi connectivity index (χ3v) is 4.20. The number of rotatable bonds is 4. The first-order valence-corrected chi connectivity index (χ1v) is 7.55. The number of carboxylic acids is 1. The van der Waals surface area contributed by atoms with Crippen LogP contribution in [0, 0.1) is 5.41 Å². The van der Waals surface area contributed by atoms with Gasteiger partial charge in [-0.05, 0) is 36.7 Å². The largest absolute Gasteiger partial charge is 0.480 e. The number of ether oxygens (including phenoxy) is 1. The van der Waals surface area contributed by atoms with Crippen molar-refractivity contribution in [3.05, 3.63) is 35.9 Å². The van der Waals surface area contributed by atoms with Crippen LogP contribution < -0.4 is 5.32 Å². The molecule has 0 radical (unpaired) electrons. The first-order valence-electron chi connectivity index (χ1n) is 7.55. The van der Waals surface area contributed by atoms with E-state index >= 15 is 0 Å². The number of nitrogens with one attached hydrogen (secondary N) is 1. The average molecular weight is 305 g/mol. The standard InChI is InChI=1S/C17H23NO4/c1-16(2)9-6-10-17(12-16,14(19)20)18-15(21)22-11-13-7-4-3-5-8-13/h3-5,7-8H,6,9-12H2,1-2H3,(H,18,21)(H,19,20)/t17-/m1/s1. The number of hydrogen-bond donors (Lipinski definition) is 2. The number of amides is 1. The van der Waals surface area contributed by atoms with Crippen molar-refractivity contribution in [2.24, 2.45) is 5.41 Å². The average Bonchev–Trinajstić information content (AvgIpc) is 2.45. The molecule has 0 spiro atoms. The van der Waals surface area contributed by atoms with Gasteiger partial charge in [-0.25, -0.2) is 9.59 Å². The van der Waals surface area contributed by atoms with E-state index in [0.717, 1.165) is 18.4 Å². The van der Waals surface area contributed by atoms with Crippen LogP contribution >= 0.6 is 0 Å². The van der Waals surface area contributed by atoms with E-state index in [2.05, 4.69) is 5.32 Å². The number of carbonyl (C=O) groups excluding carboxylic acids is 1. The maximum absolute atomic E-state index is 12.0. The lowest BCUT2D eigenvalue weighted by Gasteiger charge is -2.42. The minimum Gasteiger partial charge on any atom is -0.480 e. The van der Waals surface area contributed by atoms with Crippen LogP contribution in [0.25, 0.3) is 0 Å². The van der Waals surface area contributed by atoms with Gasteiger partial charge in [-0.3, -0.25) is 0 Å². The molecule has 5 nitrogen and oxygen atoms in total. The van der Waals surface area contributed by atoms with Crippen LogP contribution in [0.2, 0.25) is 0 Å². The summed E-state index contributed by atoms with van der Waals surface area (Å²) in [6, 6.07) is 9.30. The number of aliphatic carboxylic acids is 1. The predicted molar refractivity (Wildman–Crippen MR) is 82.4 cm³/mol. The van der Waals surface area contributed by atoms with Crippen molar-refractivity contribution in [1.82, 2.24) is 5.32 Å². The van der Waals surface area contributed by atoms with Gasteiger partial charge in [0.05, 0.1) is 0 Å². The SMILES string of the molecule is CC1(C)CCC[C@](NC(=O)OCc2ccccc2)(C(=O)O)C1. The molecule has 1 atom stereocenters. The van der Waals surface area contributed by atoms with E-state index in [1.165, 1.54) is 0 Å². The van der Waals surface area contributed by atoms with Gasteiger partial charge < -0.3 is 15.2 Å². The van der Waals surface area contributed by atoms with Crippen molar-refractivity contribution in [3.8, 4) is 0 Å². The molecule has 0 saturated heterocycles. The maximum Gasteiger partial charge on any atom is 0.408 e. The minimum atomic E-state index is -1.23. The molecule has 0 heterocycles.